The van der Waals surface area contributed by atoms with Gasteiger partial charge in [0, 0.05) is 18.3 Å². The fourth-order valence-electron chi connectivity index (χ4n) is 1.82. The Labute approximate surface area is 142 Å². The molecule has 0 aliphatic carbocycles. The molecular weight excluding hydrogens is 313 g/mol. The summed E-state index contributed by atoms with van der Waals surface area (Å²) in [6.07, 6.45) is 0.803. The summed E-state index contributed by atoms with van der Waals surface area (Å²) in [7, 11) is 5.49. The highest BCUT2D eigenvalue weighted by molar-refractivity contribution is 6.32. The SMILES string of the molecule is [B]c1cnc(OCCN(C(=O)OC(C)(C)C)C(C)C)c([N+](=O)[O-])c1. The van der Waals surface area contributed by atoms with Gasteiger partial charge in [0.25, 0.3) is 5.88 Å². The van der Waals surface area contributed by atoms with Gasteiger partial charge in [-0.15, -0.1) is 0 Å². The molecule has 0 N–H and O–H groups in total. The van der Waals surface area contributed by atoms with Crippen molar-refractivity contribution in [1.82, 2.24) is 9.88 Å². The van der Waals surface area contributed by atoms with Crippen LogP contribution >= 0.6 is 0 Å². The maximum Gasteiger partial charge on any atom is 0.410 e. The first-order valence-corrected chi connectivity index (χ1v) is 7.53. The molecule has 1 amide bonds. The molecule has 24 heavy (non-hydrogen) atoms. The van der Waals surface area contributed by atoms with E-state index in [1.807, 2.05) is 13.8 Å². The van der Waals surface area contributed by atoms with E-state index in [2.05, 4.69) is 4.98 Å². The Morgan fingerprint density at radius 2 is 2.08 bits per heavy atom. The topological polar surface area (TPSA) is 94.8 Å². The lowest BCUT2D eigenvalue weighted by Crippen LogP contribution is -2.43. The molecule has 0 unspecified atom stereocenters. The van der Waals surface area contributed by atoms with Gasteiger partial charge in [-0.05, 0) is 34.6 Å². The van der Waals surface area contributed by atoms with E-state index in [9.17, 15) is 14.9 Å². The van der Waals surface area contributed by atoms with Crippen LogP contribution in [-0.2, 0) is 4.74 Å². The third-order valence-electron chi connectivity index (χ3n) is 2.87. The fourth-order valence-corrected chi connectivity index (χ4v) is 1.82. The van der Waals surface area contributed by atoms with E-state index in [0.29, 0.717) is 0 Å². The first-order chi connectivity index (χ1) is 11.0. The van der Waals surface area contributed by atoms with E-state index >= 15 is 0 Å². The molecule has 1 aromatic rings. The fraction of sp³-hybridized carbons (Fsp3) is 0.600. The van der Waals surface area contributed by atoms with Gasteiger partial charge in [0.05, 0.1) is 11.5 Å². The van der Waals surface area contributed by atoms with Crippen molar-refractivity contribution < 1.29 is 19.2 Å². The highest BCUT2D eigenvalue weighted by Gasteiger charge is 2.24. The van der Waals surface area contributed by atoms with Crippen molar-refractivity contribution in [3.05, 3.63) is 22.4 Å². The zero-order chi connectivity index (χ0) is 18.5. The molecule has 0 aliphatic heterocycles. The lowest BCUT2D eigenvalue weighted by Gasteiger charge is -2.29. The molecule has 0 saturated heterocycles. The van der Waals surface area contributed by atoms with Crippen LogP contribution < -0.4 is 10.2 Å². The molecule has 1 aromatic heterocycles. The van der Waals surface area contributed by atoms with E-state index in [1.165, 1.54) is 17.2 Å². The summed E-state index contributed by atoms with van der Waals surface area (Å²) < 4.78 is 10.7. The minimum Gasteiger partial charge on any atom is -0.471 e. The van der Waals surface area contributed by atoms with Crippen LogP contribution in [0.25, 0.3) is 0 Å². The average molecular weight is 335 g/mol. The maximum atomic E-state index is 12.2. The molecule has 0 aliphatic rings. The van der Waals surface area contributed by atoms with Crippen LogP contribution in [0.3, 0.4) is 0 Å². The van der Waals surface area contributed by atoms with Crippen molar-refractivity contribution in [3.63, 3.8) is 0 Å². The van der Waals surface area contributed by atoms with Crippen LogP contribution in [0.15, 0.2) is 12.3 Å². The zero-order valence-electron chi connectivity index (χ0n) is 14.6. The Balaban J connectivity index is 2.73. The van der Waals surface area contributed by atoms with E-state index < -0.39 is 16.6 Å². The van der Waals surface area contributed by atoms with E-state index in [0.717, 1.165) is 0 Å². The summed E-state index contributed by atoms with van der Waals surface area (Å²) in [5.41, 5.74) is -0.752. The monoisotopic (exact) mass is 335 g/mol. The molecule has 0 spiro atoms. The van der Waals surface area contributed by atoms with Crippen molar-refractivity contribution in [2.75, 3.05) is 13.2 Å². The molecule has 0 aromatic carbocycles. The second-order valence-corrected chi connectivity index (χ2v) is 6.47. The molecule has 1 heterocycles. The highest BCUT2D eigenvalue weighted by atomic mass is 16.6. The lowest BCUT2D eigenvalue weighted by atomic mass is 9.98. The van der Waals surface area contributed by atoms with Crippen LogP contribution in [0.1, 0.15) is 34.6 Å². The van der Waals surface area contributed by atoms with Crippen LogP contribution in [0.2, 0.25) is 0 Å². The van der Waals surface area contributed by atoms with Gasteiger partial charge in [-0.2, -0.15) is 0 Å². The van der Waals surface area contributed by atoms with Gasteiger partial charge in [-0.3, -0.25) is 10.1 Å². The van der Waals surface area contributed by atoms with Gasteiger partial charge < -0.3 is 14.4 Å². The van der Waals surface area contributed by atoms with Crippen LogP contribution in [-0.4, -0.2) is 53.5 Å². The summed E-state index contributed by atoms with van der Waals surface area (Å²) in [4.78, 5) is 27.8. The largest absolute Gasteiger partial charge is 0.471 e. The molecule has 130 valence electrons. The quantitative estimate of drug-likeness (QED) is 0.447. The number of pyridine rings is 1. The molecule has 8 nitrogen and oxygen atoms in total. The van der Waals surface area contributed by atoms with Gasteiger partial charge in [-0.25, -0.2) is 9.78 Å². The first-order valence-electron chi connectivity index (χ1n) is 7.53. The highest BCUT2D eigenvalue weighted by Crippen LogP contribution is 2.22. The second-order valence-electron chi connectivity index (χ2n) is 6.47. The van der Waals surface area contributed by atoms with Gasteiger partial charge in [0.15, 0.2) is 0 Å². The van der Waals surface area contributed by atoms with E-state index in [4.69, 9.17) is 17.3 Å². The normalized spacial score (nSPS) is 11.2. The number of rotatable bonds is 6. The zero-order valence-corrected chi connectivity index (χ0v) is 14.6. The van der Waals surface area contributed by atoms with Crippen molar-refractivity contribution in [2.24, 2.45) is 0 Å². The molecule has 0 fully saturated rings. The second kappa shape index (κ2) is 7.98. The van der Waals surface area contributed by atoms with Crippen molar-refractivity contribution in [2.45, 2.75) is 46.3 Å². The lowest BCUT2D eigenvalue weighted by molar-refractivity contribution is -0.386. The van der Waals surface area contributed by atoms with Gasteiger partial charge in [-0.1, -0.05) is 5.46 Å². The van der Waals surface area contributed by atoms with Crippen molar-refractivity contribution in [1.29, 1.82) is 0 Å². The van der Waals surface area contributed by atoms with Crippen molar-refractivity contribution in [3.8, 4) is 5.88 Å². The number of carbonyl (C=O) groups is 1. The number of nitro groups is 1. The molecule has 9 heteroatoms. The number of amides is 1. The third-order valence-corrected chi connectivity index (χ3v) is 2.87. The Morgan fingerprint density at radius 1 is 1.46 bits per heavy atom. The number of carbonyl (C=O) groups excluding carboxylic acids is 1. The summed E-state index contributed by atoms with van der Waals surface area (Å²) in [6.45, 7) is 9.26. The number of hydrogen-bond donors (Lipinski definition) is 0. The summed E-state index contributed by atoms with van der Waals surface area (Å²) in [5.74, 6) is -0.137. The van der Waals surface area contributed by atoms with Gasteiger partial charge >= 0.3 is 11.8 Å². The Bertz CT molecular complexity index is 601. The van der Waals surface area contributed by atoms with Gasteiger partial charge in [0.2, 0.25) is 0 Å². The number of nitrogens with zero attached hydrogens (tertiary/aromatic N) is 3. The summed E-state index contributed by atoms with van der Waals surface area (Å²) in [6, 6.07) is 1.06. The molecule has 0 atom stereocenters. The van der Waals surface area contributed by atoms with Crippen molar-refractivity contribution >= 4 is 25.1 Å². The Hall–Kier alpha value is -2.32. The van der Waals surface area contributed by atoms with Crippen LogP contribution in [0, 0.1) is 10.1 Å². The summed E-state index contributed by atoms with van der Waals surface area (Å²) >= 11 is 0. The third kappa shape index (κ3) is 6.06. The molecule has 0 saturated carbocycles. The number of hydrogen-bond acceptors (Lipinski definition) is 6. The van der Waals surface area contributed by atoms with Gasteiger partial charge in [0.1, 0.15) is 20.1 Å². The Kier molecular flexibility index (Phi) is 6.56. The molecule has 0 bridgehead atoms. The van der Waals surface area contributed by atoms with Crippen LogP contribution in [0.5, 0.6) is 5.88 Å². The van der Waals surface area contributed by atoms with E-state index in [1.54, 1.807) is 20.8 Å². The Morgan fingerprint density at radius 3 is 2.58 bits per heavy atom. The standard InChI is InChI=1S/C15H22BN3O5/c1-10(2)18(14(20)24-15(3,4)5)6-7-23-13-12(19(21)22)8-11(16)9-17-13/h8-10H,6-7H2,1-5H3. The maximum absolute atomic E-state index is 12.2. The predicted octanol–water partition coefficient (Wildman–Crippen LogP) is 1.81. The minimum atomic E-state index is -0.618. The molecule has 2 radical (unpaired) electrons. The van der Waals surface area contributed by atoms with E-state index in [-0.39, 0.29) is 36.2 Å². The molecular formula is C15H22BN3O5. The van der Waals surface area contributed by atoms with Crippen LogP contribution in [0.4, 0.5) is 10.5 Å². The minimum absolute atomic E-state index is 0.0369. The predicted molar refractivity (Wildman–Crippen MR) is 89.9 cm³/mol. The first kappa shape index (κ1) is 19.7. The summed E-state index contributed by atoms with van der Waals surface area (Å²) in [5, 5.41) is 11.0. The number of ether oxygens (including phenoxy) is 2. The smallest absolute Gasteiger partial charge is 0.410 e. The number of aromatic nitrogens is 1. The average Bonchev–Trinajstić information content (AvgIpc) is 2.42. The molecule has 1 rings (SSSR count).